The number of nitrogens with zero attached hydrogens (tertiary/aromatic N) is 4. The maximum absolute atomic E-state index is 11.7. The molecule has 0 aliphatic carbocycles. The molecule has 234 valence electrons. The van der Waals surface area contributed by atoms with E-state index in [-0.39, 0.29) is 23.3 Å². The Labute approximate surface area is 263 Å². The van der Waals surface area contributed by atoms with Crippen molar-refractivity contribution in [1.82, 2.24) is 20.8 Å². The fourth-order valence-corrected chi connectivity index (χ4v) is 3.11. The van der Waals surface area contributed by atoms with Gasteiger partial charge in [0.25, 0.3) is 11.8 Å². The predicted octanol–water partition coefficient (Wildman–Crippen LogP) is 1.23. The van der Waals surface area contributed by atoms with E-state index in [0.29, 0.717) is 33.8 Å². The summed E-state index contributed by atoms with van der Waals surface area (Å²) in [6.45, 7) is 0. The van der Waals surface area contributed by atoms with Gasteiger partial charge in [0.05, 0.1) is 37.8 Å². The van der Waals surface area contributed by atoms with E-state index in [2.05, 4.69) is 31.0 Å². The minimum absolute atomic E-state index is 0.219. The van der Waals surface area contributed by atoms with Crippen LogP contribution in [0.15, 0.2) is 95.7 Å². The summed E-state index contributed by atoms with van der Waals surface area (Å²) in [5, 5.41) is 23.4. The first-order valence-corrected chi connectivity index (χ1v) is 19.7. The van der Waals surface area contributed by atoms with Gasteiger partial charge in [0.1, 0.15) is 0 Å². The monoisotopic (exact) mass is 848 g/mol. The summed E-state index contributed by atoms with van der Waals surface area (Å²) in [6, 6.07) is 16.7. The van der Waals surface area contributed by atoms with Crippen molar-refractivity contribution < 1.29 is 64.4 Å². The van der Waals surface area contributed by atoms with Crippen LogP contribution < -0.4 is 20.3 Å². The molecule has 17 heteroatoms. The number of methoxy groups -OCH3 is 2. The van der Waals surface area contributed by atoms with Crippen LogP contribution in [0.2, 0.25) is 0 Å². The number of ether oxygens (including phenoxy) is 2. The van der Waals surface area contributed by atoms with E-state index in [1.807, 2.05) is 0 Å². The van der Waals surface area contributed by atoms with E-state index in [9.17, 15) is 9.59 Å². The molecule has 0 radical (unpaired) electrons. The summed E-state index contributed by atoms with van der Waals surface area (Å²) >= 11 is -5.84. The van der Waals surface area contributed by atoms with Crippen molar-refractivity contribution in [2.24, 2.45) is 10.2 Å². The van der Waals surface area contributed by atoms with E-state index >= 15 is 0 Å². The first-order valence-electron chi connectivity index (χ1n) is 12.5. The summed E-state index contributed by atoms with van der Waals surface area (Å²) in [5.41, 5.74) is 6.82. The van der Waals surface area contributed by atoms with Crippen LogP contribution in [0.1, 0.15) is 31.8 Å². The molecule has 2 aromatic carbocycles. The number of hydrogen-bond donors (Lipinski definition) is 4. The number of benzene rings is 2. The molecule has 2 amide bonds. The summed E-state index contributed by atoms with van der Waals surface area (Å²) in [7, 11) is 3.00. The molecule has 0 saturated heterocycles. The van der Waals surface area contributed by atoms with Gasteiger partial charge in [-0.2, -0.15) is 10.2 Å². The number of carbonyl (C=O) groups is 2. The van der Waals surface area contributed by atoms with E-state index in [1.165, 1.54) is 51.4 Å². The molecule has 2 heterocycles. The van der Waals surface area contributed by atoms with Crippen LogP contribution in [0.25, 0.3) is 0 Å². The van der Waals surface area contributed by atoms with Gasteiger partial charge in [0.15, 0.2) is 0 Å². The van der Waals surface area contributed by atoms with E-state index in [0.717, 1.165) is 0 Å². The van der Waals surface area contributed by atoms with E-state index in [1.54, 1.807) is 60.7 Å². The molecular weight excluding hydrogens is 818 g/mol. The Morgan fingerprint density at radius 1 is 0.711 bits per heavy atom. The fourth-order valence-electron chi connectivity index (χ4n) is 3.11. The number of carbonyl (C=O) groups excluding carboxylic acids is 2. The SMILES string of the molecule is COc1cccc(/C=N/NC(=O)c2ccncc2)c1[OH2+].COc1cccc(/C=N/NC(=O)c2ccncc2)c1[OH2+].[O]=[U](=[O])([OH])[OH]. The number of para-hydroxylation sites is 2. The predicted molar refractivity (Wildman–Crippen MR) is 157 cm³/mol. The van der Waals surface area contributed by atoms with E-state index < -0.39 is 25.4 Å². The standard InChI is InChI=1S/2C14H13N3O3.2H2O.2O.U/c2*1-20-12-4-2-3-11(13(12)18)9-16-17-14(19)10-5-7-15-8-6-10;;;;;/h2*2-9,18H,1H3,(H,17,19);2*1H2;;;/q;;;;;;+2/b2*16-9+;;;;;. The van der Waals surface area contributed by atoms with Gasteiger partial charge >= 0.3 is 46.6 Å². The van der Waals surface area contributed by atoms with Gasteiger partial charge in [-0.1, -0.05) is 12.1 Å². The third-order valence-electron chi connectivity index (χ3n) is 5.18. The molecule has 45 heavy (non-hydrogen) atoms. The van der Waals surface area contributed by atoms with Crippen molar-refractivity contribution in [3.8, 4) is 23.0 Å². The Morgan fingerprint density at radius 2 is 1.04 bits per heavy atom. The number of hydrogen-bond acceptors (Lipinski definition) is 10. The second-order valence-electron chi connectivity index (χ2n) is 8.27. The third-order valence-corrected chi connectivity index (χ3v) is 5.18. The summed E-state index contributed by atoms with van der Waals surface area (Å²) in [6.07, 6.45) is 8.93. The number of pyridine rings is 2. The van der Waals surface area contributed by atoms with Crippen molar-refractivity contribution in [3.63, 3.8) is 0 Å². The molecule has 0 aliphatic heterocycles. The molecule has 16 nitrogen and oxygen atoms in total. The minimum atomic E-state index is -5.84. The number of amides is 2. The van der Waals surface area contributed by atoms with Gasteiger partial charge < -0.3 is 19.7 Å². The van der Waals surface area contributed by atoms with Crippen LogP contribution in [0.3, 0.4) is 0 Å². The zero-order valence-electron chi connectivity index (χ0n) is 23.9. The van der Waals surface area contributed by atoms with Crippen molar-refractivity contribution in [2.45, 2.75) is 0 Å². The van der Waals surface area contributed by atoms with Gasteiger partial charge in [-0.05, 0) is 48.5 Å². The van der Waals surface area contributed by atoms with Crippen LogP contribution in [-0.4, -0.2) is 63.9 Å². The van der Waals surface area contributed by atoms with Crippen LogP contribution in [0.4, 0.5) is 0 Å². The molecule has 0 atom stereocenters. The molecule has 0 saturated carbocycles. The molecule has 0 bridgehead atoms. The quantitative estimate of drug-likeness (QED) is 0.112. The summed E-state index contributed by atoms with van der Waals surface area (Å²) in [4.78, 5) is 31.1. The summed E-state index contributed by atoms with van der Waals surface area (Å²) < 4.78 is 42.2. The molecule has 4 rings (SSSR count). The third kappa shape index (κ3) is 13.3. The zero-order valence-corrected chi connectivity index (χ0v) is 28.0. The normalized spacial score (nSPS) is 10.6. The van der Waals surface area contributed by atoms with Gasteiger partial charge in [-0.3, -0.25) is 19.6 Å². The Kier molecular flexibility index (Phi) is 14.8. The molecule has 2 aromatic heterocycles. The molecule has 0 unspecified atom stereocenters. The molecule has 4 aromatic rings. The van der Waals surface area contributed by atoms with Crippen LogP contribution in [0, 0.1) is 25.4 Å². The van der Waals surface area contributed by atoms with Gasteiger partial charge in [-0.15, -0.1) is 0 Å². The number of rotatable bonds is 8. The van der Waals surface area contributed by atoms with Crippen LogP contribution in [0.5, 0.6) is 23.0 Å². The first kappa shape index (κ1) is 36.0. The second kappa shape index (κ2) is 18.5. The average molecular weight is 849 g/mol. The van der Waals surface area contributed by atoms with Gasteiger partial charge in [-0.25, -0.2) is 10.9 Å². The Hall–Kier alpha value is -5.21. The van der Waals surface area contributed by atoms with Crippen molar-refractivity contribution in [2.75, 3.05) is 14.2 Å². The zero-order chi connectivity index (χ0) is 33.2. The molecule has 8 N–H and O–H groups in total. The number of nitrogens with one attached hydrogen (secondary N) is 2. The Bertz CT molecular complexity index is 1600. The second-order valence-corrected chi connectivity index (χ2v) is 12.8. The van der Waals surface area contributed by atoms with Crippen LogP contribution in [-0.2, 0) is 4.47 Å². The molecular formula is C28H30N6O10U+2. The van der Waals surface area contributed by atoms with Crippen LogP contribution >= 0.6 is 0 Å². The molecule has 0 aliphatic rings. The molecule has 0 spiro atoms. The van der Waals surface area contributed by atoms with Gasteiger partial charge in [0, 0.05) is 35.9 Å². The Balaban J connectivity index is 0.000000273. The topological polar surface area (TPSA) is 248 Å². The van der Waals surface area contributed by atoms with Crippen molar-refractivity contribution in [1.29, 1.82) is 0 Å². The van der Waals surface area contributed by atoms with Crippen molar-refractivity contribution in [3.05, 3.63) is 108 Å². The van der Waals surface area contributed by atoms with Gasteiger partial charge in [0.2, 0.25) is 11.5 Å². The Morgan fingerprint density at radius 3 is 1.36 bits per heavy atom. The molecule has 0 fully saturated rings. The van der Waals surface area contributed by atoms with E-state index in [4.69, 9.17) is 29.4 Å². The average Bonchev–Trinajstić information content (AvgIpc) is 3.03. The maximum atomic E-state index is 11.7. The summed E-state index contributed by atoms with van der Waals surface area (Å²) in [5.74, 6) is 0.675. The van der Waals surface area contributed by atoms with Crippen molar-refractivity contribution >= 4 is 24.2 Å². The number of aromatic nitrogens is 2. The first-order chi connectivity index (χ1) is 21.4. The number of hydrazone groups is 2. The fraction of sp³-hybridized carbons (Fsp3) is 0.0714.